The molecule has 1 heterocycles. The second-order valence-electron chi connectivity index (χ2n) is 1.34. The van der Waals surface area contributed by atoms with Crippen LogP contribution in [0, 0.1) is 0 Å². The van der Waals surface area contributed by atoms with Crippen molar-refractivity contribution in [3.63, 3.8) is 0 Å². The first-order valence-electron chi connectivity index (χ1n) is 2.25. The van der Waals surface area contributed by atoms with Crippen LogP contribution in [0.25, 0.3) is 0 Å². The van der Waals surface area contributed by atoms with Crippen molar-refractivity contribution >= 4 is 22.8 Å². The van der Waals surface area contributed by atoms with E-state index in [1.807, 2.05) is 0 Å². The molecule has 0 saturated heterocycles. The monoisotopic (exact) mass is 160 g/mol. The normalized spacial score (nSPS) is 9.20. The van der Waals surface area contributed by atoms with E-state index < -0.39 is 6.09 Å². The van der Waals surface area contributed by atoms with E-state index in [1.54, 1.807) is 0 Å². The minimum Gasteiger partial charge on any atom is -0.374 e. The Morgan fingerprint density at radius 2 is 2.40 bits per heavy atom. The van der Waals surface area contributed by atoms with Gasteiger partial charge in [-0.1, -0.05) is 0 Å². The van der Waals surface area contributed by atoms with E-state index in [9.17, 15) is 4.79 Å². The van der Waals surface area contributed by atoms with Crippen LogP contribution in [0.4, 0.5) is 9.93 Å². The first-order chi connectivity index (χ1) is 4.68. The number of amides is 1. The standard InChI is InChI=1S/C3H4N4O2S/c4-1-6-3(7-10-1)9-2(5)8/h(H2,5,8)(H2,4,6,7). The summed E-state index contributed by atoms with van der Waals surface area (Å²) >= 11 is 0.930. The number of carbonyl (C=O) groups is 1. The lowest BCUT2D eigenvalue weighted by molar-refractivity contribution is 0.207. The highest BCUT2D eigenvalue weighted by Crippen LogP contribution is 2.11. The average molecular weight is 160 g/mol. The molecule has 0 aromatic carbocycles. The fourth-order valence-corrected chi connectivity index (χ4v) is 0.721. The Bertz CT molecular complexity index is 246. The highest BCUT2D eigenvalue weighted by Gasteiger charge is 2.03. The SMILES string of the molecule is NC(=O)Oc1nsc(N)n1. The van der Waals surface area contributed by atoms with Gasteiger partial charge in [0.25, 0.3) is 0 Å². The number of hydrogen-bond donors (Lipinski definition) is 2. The molecule has 0 saturated carbocycles. The van der Waals surface area contributed by atoms with Crippen molar-refractivity contribution in [1.29, 1.82) is 0 Å². The second kappa shape index (κ2) is 2.48. The highest BCUT2D eigenvalue weighted by atomic mass is 32.1. The zero-order chi connectivity index (χ0) is 7.56. The number of anilines is 1. The molecule has 0 aliphatic carbocycles. The summed E-state index contributed by atoms with van der Waals surface area (Å²) < 4.78 is 7.82. The van der Waals surface area contributed by atoms with E-state index in [1.165, 1.54) is 0 Å². The molecule has 0 atom stereocenters. The topological polar surface area (TPSA) is 104 Å². The molecular formula is C3H4N4O2S. The largest absolute Gasteiger partial charge is 0.412 e. The van der Waals surface area contributed by atoms with E-state index >= 15 is 0 Å². The fraction of sp³-hybridized carbons (Fsp3) is 0. The van der Waals surface area contributed by atoms with Crippen LogP contribution in [-0.4, -0.2) is 15.5 Å². The smallest absolute Gasteiger partial charge is 0.374 e. The van der Waals surface area contributed by atoms with Gasteiger partial charge in [0.05, 0.1) is 0 Å². The van der Waals surface area contributed by atoms with Gasteiger partial charge in [0.15, 0.2) is 0 Å². The molecule has 1 aromatic heterocycles. The van der Waals surface area contributed by atoms with Crippen LogP contribution in [0.1, 0.15) is 0 Å². The molecule has 1 amide bonds. The molecule has 7 heteroatoms. The summed E-state index contributed by atoms with van der Waals surface area (Å²) in [6, 6.07) is -0.102. The van der Waals surface area contributed by atoms with E-state index in [0.717, 1.165) is 11.5 Å². The maximum atomic E-state index is 10.1. The first-order valence-corrected chi connectivity index (χ1v) is 3.02. The Morgan fingerprint density at radius 3 is 2.80 bits per heavy atom. The third-order valence-electron chi connectivity index (χ3n) is 0.615. The van der Waals surface area contributed by atoms with E-state index in [2.05, 4.69) is 19.8 Å². The summed E-state index contributed by atoms with van der Waals surface area (Å²) in [5.74, 6) is 0. The molecule has 54 valence electrons. The molecule has 0 radical (unpaired) electrons. The number of primary amides is 1. The maximum Gasteiger partial charge on any atom is 0.412 e. The van der Waals surface area contributed by atoms with Gasteiger partial charge in [-0.3, -0.25) is 0 Å². The Morgan fingerprint density at radius 1 is 1.70 bits per heavy atom. The molecule has 1 rings (SSSR count). The van der Waals surface area contributed by atoms with E-state index in [0.29, 0.717) is 0 Å². The third kappa shape index (κ3) is 1.55. The lowest BCUT2D eigenvalue weighted by Crippen LogP contribution is -2.16. The number of nitrogens with two attached hydrogens (primary N) is 2. The van der Waals surface area contributed by atoms with Crippen molar-refractivity contribution in [3.05, 3.63) is 0 Å². The fourth-order valence-electron chi connectivity index (χ4n) is 0.352. The summed E-state index contributed by atoms with van der Waals surface area (Å²) in [6.45, 7) is 0. The highest BCUT2D eigenvalue weighted by molar-refractivity contribution is 7.09. The van der Waals surface area contributed by atoms with Crippen LogP contribution in [-0.2, 0) is 0 Å². The summed E-state index contributed by atoms with van der Waals surface area (Å²) in [4.78, 5) is 13.6. The minimum atomic E-state index is -0.946. The van der Waals surface area contributed by atoms with Crippen molar-refractivity contribution in [2.75, 3.05) is 5.73 Å². The molecular weight excluding hydrogens is 156 g/mol. The summed E-state index contributed by atoms with van der Waals surface area (Å²) in [5.41, 5.74) is 9.82. The molecule has 10 heavy (non-hydrogen) atoms. The van der Waals surface area contributed by atoms with E-state index in [4.69, 9.17) is 5.73 Å². The molecule has 4 N–H and O–H groups in total. The van der Waals surface area contributed by atoms with Crippen molar-refractivity contribution in [3.8, 4) is 6.01 Å². The van der Waals surface area contributed by atoms with Gasteiger partial charge < -0.3 is 16.2 Å². The molecule has 6 nitrogen and oxygen atoms in total. The lowest BCUT2D eigenvalue weighted by atomic mass is 11.1. The lowest BCUT2D eigenvalue weighted by Gasteiger charge is -1.88. The zero-order valence-corrected chi connectivity index (χ0v) is 5.59. The summed E-state index contributed by atoms with van der Waals surface area (Å²) in [6.07, 6.45) is -0.946. The third-order valence-corrected chi connectivity index (χ3v) is 1.14. The van der Waals surface area contributed by atoms with Gasteiger partial charge in [-0.25, -0.2) is 4.79 Å². The van der Waals surface area contributed by atoms with Gasteiger partial charge in [-0.15, -0.1) is 4.37 Å². The number of nitrogen functional groups attached to an aromatic ring is 1. The van der Waals surface area contributed by atoms with Gasteiger partial charge in [-0.05, 0) is 0 Å². The molecule has 1 aromatic rings. The first kappa shape index (κ1) is 6.75. The van der Waals surface area contributed by atoms with Crippen molar-refractivity contribution in [1.82, 2.24) is 9.36 Å². The van der Waals surface area contributed by atoms with E-state index in [-0.39, 0.29) is 11.1 Å². The van der Waals surface area contributed by atoms with Crippen LogP contribution < -0.4 is 16.2 Å². The molecule has 0 bridgehead atoms. The van der Waals surface area contributed by atoms with Crippen LogP contribution >= 0.6 is 11.5 Å². The number of carbonyl (C=O) groups excluding carboxylic acids is 1. The van der Waals surface area contributed by atoms with Gasteiger partial charge in [0, 0.05) is 11.5 Å². The van der Waals surface area contributed by atoms with Crippen LogP contribution in [0.2, 0.25) is 0 Å². The average Bonchev–Trinajstić information content (AvgIpc) is 2.13. The van der Waals surface area contributed by atoms with Crippen LogP contribution in [0.3, 0.4) is 0 Å². The van der Waals surface area contributed by atoms with Gasteiger partial charge in [0.1, 0.15) is 0 Å². The molecule has 0 fully saturated rings. The van der Waals surface area contributed by atoms with Gasteiger partial charge >= 0.3 is 12.1 Å². The van der Waals surface area contributed by atoms with Gasteiger partial charge in [0.2, 0.25) is 5.13 Å². The van der Waals surface area contributed by atoms with Gasteiger partial charge in [-0.2, -0.15) is 4.98 Å². The Labute approximate surface area is 60.0 Å². The molecule has 0 spiro atoms. The number of hydrogen-bond acceptors (Lipinski definition) is 6. The van der Waals surface area contributed by atoms with Crippen molar-refractivity contribution in [2.24, 2.45) is 5.73 Å². The predicted molar refractivity (Wildman–Crippen MR) is 34.5 cm³/mol. The molecule has 0 aliphatic rings. The number of ether oxygens (including phenoxy) is 1. The number of nitrogens with zero attached hydrogens (tertiary/aromatic N) is 2. The Kier molecular flexibility index (Phi) is 1.67. The quantitative estimate of drug-likeness (QED) is 0.580. The Hall–Kier alpha value is -1.37. The molecule has 0 aliphatic heterocycles. The number of rotatable bonds is 1. The minimum absolute atomic E-state index is 0.102. The molecule has 0 unspecified atom stereocenters. The zero-order valence-electron chi connectivity index (χ0n) is 4.77. The van der Waals surface area contributed by atoms with Crippen molar-refractivity contribution < 1.29 is 9.53 Å². The van der Waals surface area contributed by atoms with Crippen molar-refractivity contribution in [2.45, 2.75) is 0 Å². The maximum absolute atomic E-state index is 10.1. The summed E-state index contributed by atoms with van der Waals surface area (Å²) in [5, 5.41) is 0.233. The predicted octanol–water partition coefficient (Wildman–Crippen LogP) is -0.422. The van der Waals surface area contributed by atoms with Crippen LogP contribution in [0.15, 0.2) is 0 Å². The second-order valence-corrected chi connectivity index (χ2v) is 2.12. The Balaban J connectivity index is 2.67. The van der Waals surface area contributed by atoms with Crippen LogP contribution in [0.5, 0.6) is 6.01 Å². The number of aromatic nitrogens is 2. The summed E-state index contributed by atoms with van der Waals surface area (Å²) in [7, 11) is 0.